The second-order valence-electron chi connectivity index (χ2n) is 3.91. The fraction of sp³-hybridized carbons (Fsp3) is 0.800. The van der Waals surface area contributed by atoms with Crippen molar-refractivity contribution in [2.75, 3.05) is 13.6 Å². The van der Waals surface area contributed by atoms with Crippen molar-refractivity contribution in [1.82, 2.24) is 4.90 Å². The van der Waals surface area contributed by atoms with E-state index in [0.717, 1.165) is 12.0 Å². The van der Waals surface area contributed by atoms with Crippen LogP contribution in [0, 0.1) is 5.92 Å². The summed E-state index contributed by atoms with van der Waals surface area (Å²) in [5, 5.41) is 0. The highest BCUT2D eigenvalue weighted by atomic mass is 15.1. The van der Waals surface area contributed by atoms with E-state index >= 15 is 0 Å². The Bertz CT molecular complexity index is 151. The summed E-state index contributed by atoms with van der Waals surface area (Å²) in [6.45, 7) is 9.66. The molecule has 0 spiro atoms. The molecule has 1 aliphatic heterocycles. The first kappa shape index (κ1) is 8.79. The fourth-order valence-electron chi connectivity index (χ4n) is 1.68. The van der Waals surface area contributed by atoms with Gasteiger partial charge in [0.2, 0.25) is 0 Å². The lowest BCUT2D eigenvalue weighted by Gasteiger charge is -2.35. The van der Waals surface area contributed by atoms with Gasteiger partial charge in [0.05, 0.1) is 0 Å². The summed E-state index contributed by atoms with van der Waals surface area (Å²) >= 11 is 0. The number of hydrogen-bond donors (Lipinski definition) is 0. The number of hydrogen-bond acceptors (Lipinski definition) is 1. The Balaban J connectivity index is 2.46. The van der Waals surface area contributed by atoms with Crippen molar-refractivity contribution in [3.63, 3.8) is 0 Å². The molecule has 1 saturated heterocycles. The maximum absolute atomic E-state index is 4.01. The molecule has 1 heterocycles. The van der Waals surface area contributed by atoms with E-state index in [1.807, 2.05) is 0 Å². The number of likely N-dealkylation sites (tertiary alicyclic amines) is 1. The summed E-state index contributed by atoms with van der Waals surface area (Å²) in [6.07, 6.45) is 2.66. The second kappa shape index (κ2) is 3.40. The molecule has 1 nitrogen and oxygen atoms in total. The topological polar surface area (TPSA) is 3.24 Å². The van der Waals surface area contributed by atoms with Gasteiger partial charge in [-0.15, -0.1) is 0 Å². The highest BCUT2D eigenvalue weighted by molar-refractivity contribution is 4.99. The van der Waals surface area contributed by atoms with Crippen LogP contribution in [-0.2, 0) is 0 Å². The summed E-state index contributed by atoms with van der Waals surface area (Å²) in [7, 11) is 2.21. The standard InChI is InChI=1S/C10H19N/c1-8(2)10-6-5-9(3)11(4)7-10/h9-10H,1,5-7H2,2-4H3. The first-order valence-corrected chi connectivity index (χ1v) is 4.47. The zero-order valence-corrected chi connectivity index (χ0v) is 7.93. The molecule has 0 N–H and O–H groups in total. The third-order valence-electron chi connectivity index (χ3n) is 2.89. The van der Waals surface area contributed by atoms with Crippen LogP contribution in [0.4, 0.5) is 0 Å². The van der Waals surface area contributed by atoms with E-state index in [4.69, 9.17) is 0 Å². The molecule has 0 aromatic heterocycles. The van der Waals surface area contributed by atoms with E-state index < -0.39 is 0 Å². The van der Waals surface area contributed by atoms with Crippen molar-refractivity contribution in [2.45, 2.75) is 32.7 Å². The molecule has 1 rings (SSSR count). The lowest BCUT2D eigenvalue weighted by molar-refractivity contribution is 0.165. The molecular formula is C10H19N. The predicted molar refractivity (Wildman–Crippen MR) is 49.6 cm³/mol. The Hall–Kier alpha value is -0.300. The zero-order chi connectivity index (χ0) is 8.43. The van der Waals surface area contributed by atoms with Gasteiger partial charge in [0.25, 0.3) is 0 Å². The first-order chi connectivity index (χ1) is 5.11. The number of nitrogens with zero attached hydrogens (tertiary/aromatic N) is 1. The molecule has 11 heavy (non-hydrogen) atoms. The quantitative estimate of drug-likeness (QED) is 0.522. The van der Waals surface area contributed by atoms with Gasteiger partial charge in [-0.05, 0) is 39.7 Å². The van der Waals surface area contributed by atoms with Gasteiger partial charge in [0.15, 0.2) is 0 Å². The molecule has 0 aliphatic carbocycles. The second-order valence-corrected chi connectivity index (χ2v) is 3.91. The molecule has 1 aliphatic rings. The summed E-state index contributed by atoms with van der Waals surface area (Å²) in [4.78, 5) is 2.43. The Morgan fingerprint density at radius 1 is 1.45 bits per heavy atom. The fourth-order valence-corrected chi connectivity index (χ4v) is 1.68. The molecule has 1 fully saturated rings. The summed E-state index contributed by atoms with van der Waals surface area (Å²) < 4.78 is 0. The maximum atomic E-state index is 4.01. The molecule has 0 aromatic rings. The van der Waals surface area contributed by atoms with Crippen molar-refractivity contribution in [2.24, 2.45) is 5.92 Å². The van der Waals surface area contributed by atoms with Crippen molar-refractivity contribution in [3.05, 3.63) is 12.2 Å². The van der Waals surface area contributed by atoms with Crippen LogP contribution in [0.2, 0.25) is 0 Å². The van der Waals surface area contributed by atoms with Crippen molar-refractivity contribution in [1.29, 1.82) is 0 Å². The van der Waals surface area contributed by atoms with Crippen LogP contribution in [0.25, 0.3) is 0 Å². The lowest BCUT2D eigenvalue weighted by atomic mass is 9.89. The smallest absolute Gasteiger partial charge is 0.00643 e. The number of rotatable bonds is 1. The lowest BCUT2D eigenvalue weighted by Crippen LogP contribution is -2.38. The third-order valence-corrected chi connectivity index (χ3v) is 2.89. The van der Waals surface area contributed by atoms with Crippen molar-refractivity contribution >= 4 is 0 Å². The SMILES string of the molecule is C=C(C)C1CCC(C)N(C)C1. The molecule has 2 unspecified atom stereocenters. The van der Waals surface area contributed by atoms with Gasteiger partial charge in [-0.1, -0.05) is 12.2 Å². The normalized spacial score (nSPS) is 33.7. The molecule has 0 aromatic carbocycles. The molecule has 1 heteroatoms. The van der Waals surface area contributed by atoms with Crippen molar-refractivity contribution < 1.29 is 0 Å². The van der Waals surface area contributed by atoms with Gasteiger partial charge in [0, 0.05) is 12.6 Å². The molecule has 0 radical (unpaired) electrons. The molecule has 0 amide bonds. The van der Waals surface area contributed by atoms with Gasteiger partial charge < -0.3 is 4.90 Å². The van der Waals surface area contributed by atoms with E-state index in [9.17, 15) is 0 Å². The molecule has 0 bridgehead atoms. The summed E-state index contributed by atoms with van der Waals surface area (Å²) in [5.41, 5.74) is 1.35. The molecule has 2 atom stereocenters. The van der Waals surface area contributed by atoms with E-state index in [1.165, 1.54) is 25.0 Å². The van der Waals surface area contributed by atoms with Crippen LogP contribution in [0.3, 0.4) is 0 Å². The minimum atomic E-state index is 0.746. The van der Waals surface area contributed by atoms with Crippen LogP contribution in [-0.4, -0.2) is 24.5 Å². The maximum Gasteiger partial charge on any atom is 0.00643 e. The average molecular weight is 153 g/mol. The Labute approximate surface area is 70.1 Å². The van der Waals surface area contributed by atoms with E-state index in [2.05, 4.69) is 32.4 Å². The van der Waals surface area contributed by atoms with E-state index in [1.54, 1.807) is 0 Å². The van der Waals surface area contributed by atoms with E-state index in [-0.39, 0.29) is 0 Å². The largest absolute Gasteiger partial charge is 0.303 e. The van der Waals surface area contributed by atoms with Gasteiger partial charge in [-0.3, -0.25) is 0 Å². The van der Waals surface area contributed by atoms with Crippen molar-refractivity contribution in [3.8, 4) is 0 Å². The van der Waals surface area contributed by atoms with Gasteiger partial charge in [-0.25, -0.2) is 0 Å². The summed E-state index contributed by atoms with van der Waals surface area (Å²) in [6, 6.07) is 0.769. The van der Waals surface area contributed by atoms with E-state index in [0.29, 0.717) is 0 Å². The molecular weight excluding hydrogens is 134 g/mol. The van der Waals surface area contributed by atoms with Crippen LogP contribution >= 0.6 is 0 Å². The highest BCUT2D eigenvalue weighted by Crippen LogP contribution is 2.24. The highest BCUT2D eigenvalue weighted by Gasteiger charge is 2.22. The monoisotopic (exact) mass is 153 g/mol. The number of piperidine rings is 1. The van der Waals surface area contributed by atoms with Crippen LogP contribution < -0.4 is 0 Å². The predicted octanol–water partition coefficient (Wildman–Crippen LogP) is 2.29. The first-order valence-electron chi connectivity index (χ1n) is 4.47. The third kappa shape index (κ3) is 2.06. The average Bonchev–Trinajstić information content (AvgIpc) is 1.94. The Morgan fingerprint density at radius 2 is 2.09 bits per heavy atom. The van der Waals surface area contributed by atoms with Crippen LogP contribution in [0.1, 0.15) is 26.7 Å². The van der Waals surface area contributed by atoms with Gasteiger partial charge in [0.1, 0.15) is 0 Å². The Kier molecular flexibility index (Phi) is 2.72. The molecule has 64 valence electrons. The van der Waals surface area contributed by atoms with Crippen LogP contribution in [0.15, 0.2) is 12.2 Å². The van der Waals surface area contributed by atoms with Gasteiger partial charge in [-0.2, -0.15) is 0 Å². The zero-order valence-electron chi connectivity index (χ0n) is 7.93. The molecule has 0 saturated carbocycles. The minimum absolute atomic E-state index is 0.746. The summed E-state index contributed by atoms with van der Waals surface area (Å²) in [5.74, 6) is 0.746. The minimum Gasteiger partial charge on any atom is -0.303 e. The Morgan fingerprint density at radius 3 is 2.55 bits per heavy atom. The van der Waals surface area contributed by atoms with Gasteiger partial charge >= 0.3 is 0 Å². The van der Waals surface area contributed by atoms with Crippen LogP contribution in [0.5, 0.6) is 0 Å².